The van der Waals surface area contributed by atoms with Crippen LogP contribution in [0.3, 0.4) is 0 Å². The summed E-state index contributed by atoms with van der Waals surface area (Å²) in [5, 5.41) is 24.0. The SMILES string of the molecule is CC1(C)C(NC(O)c2cnc(N3CCC(CCc4ccc(Br)cn4)CC3)nc2)C(C)(C)C1Oc1ccc(C#N)c(Cl)c1. The second-order valence-electron chi connectivity index (χ2n) is 12.6. The van der Waals surface area contributed by atoms with Crippen molar-refractivity contribution >= 4 is 33.5 Å². The molecule has 42 heavy (non-hydrogen) atoms. The summed E-state index contributed by atoms with van der Waals surface area (Å²) in [4.78, 5) is 15.9. The Balaban J connectivity index is 1.13. The smallest absolute Gasteiger partial charge is 0.225 e. The number of aliphatic hydroxyl groups is 1. The molecule has 1 aliphatic carbocycles. The number of aliphatic hydroxyl groups excluding tert-OH is 1. The molecule has 2 aromatic heterocycles. The summed E-state index contributed by atoms with van der Waals surface area (Å²) in [5.41, 5.74) is 1.61. The second-order valence-corrected chi connectivity index (χ2v) is 14.0. The number of rotatable bonds is 9. The van der Waals surface area contributed by atoms with Gasteiger partial charge < -0.3 is 14.7 Å². The van der Waals surface area contributed by atoms with Crippen LogP contribution in [0.2, 0.25) is 5.02 Å². The van der Waals surface area contributed by atoms with E-state index in [9.17, 15) is 5.11 Å². The van der Waals surface area contributed by atoms with E-state index in [2.05, 4.69) is 80.9 Å². The molecule has 10 heteroatoms. The average molecular weight is 654 g/mol. The Bertz CT molecular complexity index is 1400. The first kappa shape index (κ1) is 30.7. The van der Waals surface area contributed by atoms with Crippen LogP contribution in [0, 0.1) is 28.1 Å². The molecule has 2 N–H and O–H groups in total. The third-order valence-corrected chi connectivity index (χ3v) is 9.73. The van der Waals surface area contributed by atoms with Crippen molar-refractivity contribution in [2.24, 2.45) is 16.7 Å². The Labute approximate surface area is 261 Å². The number of piperidine rings is 1. The van der Waals surface area contributed by atoms with Crippen LogP contribution >= 0.6 is 27.5 Å². The van der Waals surface area contributed by atoms with Gasteiger partial charge in [-0.3, -0.25) is 10.3 Å². The number of aryl methyl sites for hydroxylation is 1. The zero-order valence-corrected chi connectivity index (χ0v) is 26.9. The number of hydrogen-bond donors (Lipinski definition) is 2. The molecule has 2 fully saturated rings. The lowest BCUT2D eigenvalue weighted by Crippen LogP contribution is -2.74. The molecule has 8 nitrogen and oxygen atoms in total. The van der Waals surface area contributed by atoms with Crippen molar-refractivity contribution in [2.75, 3.05) is 18.0 Å². The van der Waals surface area contributed by atoms with E-state index in [0.717, 1.165) is 48.9 Å². The molecule has 0 spiro atoms. The fraction of sp³-hybridized carbons (Fsp3) is 0.500. The molecule has 222 valence electrons. The first-order chi connectivity index (χ1) is 20.0. The van der Waals surface area contributed by atoms with Gasteiger partial charge in [-0.05, 0) is 71.8 Å². The van der Waals surface area contributed by atoms with Gasteiger partial charge in [0.25, 0.3) is 0 Å². The summed E-state index contributed by atoms with van der Waals surface area (Å²) in [6.07, 6.45) is 8.61. The first-order valence-corrected chi connectivity index (χ1v) is 15.6. The fourth-order valence-corrected chi connectivity index (χ4v) is 7.32. The van der Waals surface area contributed by atoms with Crippen molar-refractivity contribution in [1.82, 2.24) is 20.3 Å². The molecule has 1 atom stereocenters. The number of benzene rings is 1. The minimum Gasteiger partial charge on any atom is -0.489 e. The van der Waals surface area contributed by atoms with E-state index in [4.69, 9.17) is 21.6 Å². The van der Waals surface area contributed by atoms with Crippen molar-refractivity contribution in [3.63, 3.8) is 0 Å². The van der Waals surface area contributed by atoms with Crippen LogP contribution in [0.15, 0.2) is 53.4 Å². The number of halogens is 2. The summed E-state index contributed by atoms with van der Waals surface area (Å²) < 4.78 is 7.37. The zero-order valence-electron chi connectivity index (χ0n) is 24.5. The quantitative estimate of drug-likeness (QED) is 0.253. The molecule has 1 saturated heterocycles. The number of nitrogens with one attached hydrogen (secondary N) is 1. The maximum atomic E-state index is 11.1. The number of nitrogens with zero attached hydrogens (tertiary/aromatic N) is 5. The summed E-state index contributed by atoms with van der Waals surface area (Å²) in [6.45, 7) is 10.3. The largest absolute Gasteiger partial charge is 0.489 e. The van der Waals surface area contributed by atoms with E-state index in [1.165, 1.54) is 0 Å². The average Bonchev–Trinajstić information content (AvgIpc) is 2.98. The molecule has 5 rings (SSSR count). The minimum atomic E-state index is -0.911. The molecule has 3 heterocycles. The lowest BCUT2D eigenvalue weighted by molar-refractivity contribution is -0.179. The van der Waals surface area contributed by atoms with E-state index in [1.807, 2.05) is 12.3 Å². The molecular weight excluding hydrogens is 616 g/mol. The third kappa shape index (κ3) is 6.42. The Hall–Kier alpha value is -2.77. The highest BCUT2D eigenvalue weighted by Crippen LogP contribution is 2.56. The number of ether oxygens (including phenoxy) is 1. The Morgan fingerprint density at radius 3 is 2.38 bits per heavy atom. The predicted octanol–water partition coefficient (Wildman–Crippen LogP) is 6.47. The van der Waals surface area contributed by atoms with E-state index in [-0.39, 0.29) is 23.0 Å². The van der Waals surface area contributed by atoms with Gasteiger partial charge in [-0.25, -0.2) is 9.97 Å². The molecule has 3 aromatic rings. The lowest BCUT2D eigenvalue weighted by atomic mass is 9.49. The van der Waals surface area contributed by atoms with E-state index >= 15 is 0 Å². The number of aromatic nitrogens is 3. The summed E-state index contributed by atoms with van der Waals surface area (Å²) in [5.74, 6) is 2.00. The highest BCUT2D eigenvalue weighted by atomic mass is 79.9. The van der Waals surface area contributed by atoms with Crippen LogP contribution in [0.5, 0.6) is 5.75 Å². The van der Waals surface area contributed by atoms with Crippen LogP contribution in [-0.4, -0.2) is 45.3 Å². The molecule has 0 amide bonds. The molecule has 0 radical (unpaired) electrons. The van der Waals surface area contributed by atoms with Crippen LogP contribution in [0.25, 0.3) is 0 Å². The Morgan fingerprint density at radius 2 is 1.79 bits per heavy atom. The van der Waals surface area contributed by atoms with Gasteiger partial charge in [0.2, 0.25) is 5.95 Å². The van der Waals surface area contributed by atoms with Gasteiger partial charge in [0.1, 0.15) is 24.2 Å². The number of pyridine rings is 1. The maximum absolute atomic E-state index is 11.1. The number of anilines is 1. The van der Waals surface area contributed by atoms with Crippen molar-refractivity contribution in [1.29, 1.82) is 5.26 Å². The Morgan fingerprint density at radius 1 is 1.10 bits per heavy atom. The van der Waals surface area contributed by atoms with E-state index < -0.39 is 6.23 Å². The summed E-state index contributed by atoms with van der Waals surface area (Å²) >= 11 is 9.66. The Kier molecular flexibility index (Phi) is 9.10. The van der Waals surface area contributed by atoms with Gasteiger partial charge in [-0.2, -0.15) is 5.26 Å². The standard InChI is InChI=1S/C32H38BrClN6O2/c1-31(2)28(32(3,4)29(31)42-25-10-6-21(16-35)26(34)15-25)39-27(41)22-17-37-30(38-18-22)40-13-11-20(12-14-40)5-8-24-9-7-23(33)19-36-24/h6-7,9-10,15,17-20,27-29,39,41H,5,8,11-14H2,1-4H3. The minimum absolute atomic E-state index is 0.0369. The highest BCUT2D eigenvalue weighted by molar-refractivity contribution is 9.10. The topological polar surface area (TPSA) is 107 Å². The normalized spacial score (nSPS) is 22.2. The third-order valence-electron chi connectivity index (χ3n) is 8.95. The molecule has 1 unspecified atom stereocenters. The van der Waals surface area contributed by atoms with Gasteiger partial charge in [-0.1, -0.05) is 39.3 Å². The monoisotopic (exact) mass is 652 g/mol. The lowest BCUT2D eigenvalue weighted by Gasteiger charge is -2.63. The molecule has 2 aliphatic rings. The fourth-order valence-electron chi connectivity index (χ4n) is 6.87. The van der Waals surface area contributed by atoms with Crippen LogP contribution in [-0.2, 0) is 6.42 Å². The highest BCUT2D eigenvalue weighted by Gasteiger charge is 2.63. The summed E-state index contributed by atoms with van der Waals surface area (Å²) in [6, 6.07) is 11.3. The van der Waals surface area contributed by atoms with Gasteiger partial charge in [0.05, 0.1) is 10.6 Å². The van der Waals surface area contributed by atoms with Crippen LogP contribution < -0.4 is 15.0 Å². The molecular formula is C32H38BrClN6O2. The van der Waals surface area contributed by atoms with Crippen molar-refractivity contribution in [3.8, 4) is 11.8 Å². The van der Waals surface area contributed by atoms with Crippen LogP contribution in [0.4, 0.5) is 5.95 Å². The van der Waals surface area contributed by atoms with Gasteiger partial charge in [-0.15, -0.1) is 0 Å². The number of nitriles is 1. The van der Waals surface area contributed by atoms with Crippen LogP contribution in [0.1, 0.15) is 70.0 Å². The van der Waals surface area contributed by atoms with Gasteiger partial charge >= 0.3 is 0 Å². The predicted molar refractivity (Wildman–Crippen MR) is 167 cm³/mol. The summed E-state index contributed by atoms with van der Waals surface area (Å²) in [7, 11) is 0. The van der Waals surface area contributed by atoms with E-state index in [1.54, 1.807) is 30.6 Å². The maximum Gasteiger partial charge on any atom is 0.225 e. The molecule has 1 saturated carbocycles. The van der Waals surface area contributed by atoms with Gasteiger partial charge in [0, 0.05) is 70.3 Å². The second kappa shape index (κ2) is 12.5. The molecule has 0 bridgehead atoms. The zero-order chi connectivity index (χ0) is 30.1. The molecule has 1 aromatic carbocycles. The van der Waals surface area contributed by atoms with Crippen molar-refractivity contribution in [2.45, 2.75) is 71.8 Å². The molecule has 1 aliphatic heterocycles. The number of hydrogen-bond acceptors (Lipinski definition) is 8. The van der Waals surface area contributed by atoms with Crippen molar-refractivity contribution in [3.05, 3.63) is 75.2 Å². The first-order valence-electron chi connectivity index (χ1n) is 14.5. The van der Waals surface area contributed by atoms with Gasteiger partial charge in [0.15, 0.2) is 0 Å². The van der Waals surface area contributed by atoms with E-state index in [0.29, 0.717) is 33.8 Å². The van der Waals surface area contributed by atoms with Crippen molar-refractivity contribution < 1.29 is 9.84 Å².